The number of aryl methyl sites for hydroxylation is 1. The molecule has 0 aromatic heterocycles. The van der Waals surface area contributed by atoms with E-state index in [9.17, 15) is 9.59 Å². The van der Waals surface area contributed by atoms with Gasteiger partial charge in [0.15, 0.2) is 17.3 Å². The van der Waals surface area contributed by atoms with Crippen molar-refractivity contribution in [3.05, 3.63) is 81.7 Å². The van der Waals surface area contributed by atoms with Crippen molar-refractivity contribution >= 4 is 11.8 Å². The van der Waals surface area contributed by atoms with Crippen LogP contribution in [0.3, 0.4) is 0 Å². The normalized spacial score (nSPS) is 22.0. The SMILES string of the molecule is COc1ccc([C@H]2CC(=O)C3=C(C2)NC(C)=C(C(=O)OC2CCCC2)[C@@H]3c2cccc(C)c2)cc1OC. The Kier molecular flexibility index (Phi) is 7.09. The van der Waals surface area contributed by atoms with Gasteiger partial charge in [0.2, 0.25) is 0 Å². The third-order valence-corrected chi connectivity index (χ3v) is 7.88. The molecule has 2 aromatic rings. The first-order valence-corrected chi connectivity index (χ1v) is 13.1. The van der Waals surface area contributed by atoms with Gasteiger partial charge in [-0.3, -0.25) is 4.79 Å². The fraction of sp³-hybridized carbons (Fsp3) is 0.419. The molecule has 6 nitrogen and oxygen atoms in total. The van der Waals surface area contributed by atoms with Gasteiger partial charge < -0.3 is 19.5 Å². The average molecular weight is 502 g/mol. The molecule has 1 heterocycles. The van der Waals surface area contributed by atoms with E-state index in [-0.39, 0.29) is 23.8 Å². The number of hydrogen-bond acceptors (Lipinski definition) is 6. The zero-order chi connectivity index (χ0) is 26.1. The second-order valence-electron chi connectivity index (χ2n) is 10.4. The first kappa shape index (κ1) is 25.1. The number of rotatable bonds is 6. The number of allylic oxidation sites excluding steroid dienone is 3. The Labute approximate surface area is 218 Å². The fourth-order valence-electron chi connectivity index (χ4n) is 6.06. The van der Waals surface area contributed by atoms with Crippen molar-refractivity contribution in [3.63, 3.8) is 0 Å². The van der Waals surface area contributed by atoms with Crippen LogP contribution in [0.2, 0.25) is 0 Å². The van der Waals surface area contributed by atoms with Crippen molar-refractivity contribution in [2.75, 3.05) is 14.2 Å². The molecule has 1 fully saturated rings. The standard InChI is InChI=1S/C31H35NO5/c1-18-8-7-9-21(14-18)29-28(31(34)37-23-10-5-6-11-23)19(2)32-24-15-22(16-25(33)30(24)29)20-12-13-26(35-3)27(17-20)36-4/h7-9,12-14,17,22-23,29,32H,5-6,10-11,15-16H2,1-4H3/t22-,29+/m1/s1. The maximum atomic E-state index is 13.8. The molecule has 0 spiro atoms. The molecule has 3 aliphatic rings. The van der Waals surface area contributed by atoms with Crippen LogP contribution in [-0.4, -0.2) is 32.1 Å². The molecule has 1 aliphatic heterocycles. The maximum absolute atomic E-state index is 13.8. The molecular formula is C31H35NO5. The Balaban J connectivity index is 1.53. The average Bonchev–Trinajstić information content (AvgIpc) is 3.40. The molecule has 194 valence electrons. The van der Waals surface area contributed by atoms with E-state index in [1.807, 2.05) is 50.2 Å². The van der Waals surface area contributed by atoms with Crippen molar-refractivity contribution in [2.24, 2.45) is 0 Å². The van der Waals surface area contributed by atoms with E-state index >= 15 is 0 Å². The van der Waals surface area contributed by atoms with Crippen molar-refractivity contribution < 1.29 is 23.8 Å². The first-order valence-electron chi connectivity index (χ1n) is 13.1. The van der Waals surface area contributed by atoms with Crippen LogP contribution < -0.4 is 14.8 Å². The van der Waals surface area contributed by atoms with Gasteiger partial charge in [-0.05, 0) is 75.1 Å². The van der Waals surface area contributed by atoms with E-state index in [0.29, 0.717) is 35.5 Å². The van der Waals surface area contributed by atoms with E-state index in [1.54, 1.807) is 14.2 Å². The van der Waals surface area contributed by atoms with Crippen LogP contribution in [0.4, 0.5) is 0 Å². The molecule has 2 aromatic carbocycles. The Morgan fingerprint density at radius 1 is 0.919 bits per heavy atom. The molecule has 2 atom stereocenters. The number of dihydropyridines is 1. The zero-order valence-corrected chi connectivity index (χ0v) is 22.1. The van der Waals surface area contributed by atoms with Gasteiger partial charge in [-0.25, -0.2) is 4.79 Å². The highest BCUT2D eigenvalue weighted by atomic mass is 16.5. The number of benzene rings is 2. The summed E-state index contributed by atoms with van der Waals surface area (Å²) in [6.07, 6.45) is 4.96. The quantitative estimate of drug-likeness (QED) is 0.500. The lowest BCUT2D eigenvalue weighted by Gasteiger charge is -2.37. The van der Waals surface area contributed by atoms with Crippen LogP contribution >= 0.6 is 0 Å². The topological polar surface area (TPSA) is 73.9 Å². The Bertz CT molecular complexity index is 1280. The number of nitrogens with one attached hydrogen (secondary N) is 1. The third kappa shape index (κ3) is 4.89. The van der Waals surface area contributed by atoms with Crippen LogP contribution in [0.15, 0.2) is 65.0 Å². The van der Waals surface area contributed by atoms with Gasteiger partial charge in [-0.2, -0.15) is 0 Å². The van der Waals surface area contributed by atoms with E-state index in [1.165, 1.54) is 0 Å². The van der Waals surface area contributed by atoms with Crippen LogP contribution in [0.25, 0.3) is 0 Å². The Morgan fingerprint density at radius 2 is 1.68 bits per heavy atom. The summed E-state index contributed by atoms with van der Waals surface area (Å²) in [6, 6.07) is 13.9. The minimum Gasteiger partial charge on any atom is -0.493 e. The summed E-state index contributed by atoms with van der Waals surface area (Å²) in [5.74, 6) is 0.603. The summed E-state index contributed by atoms with van der Waals surface area (Å²) in [5.41, 5.74) is 5.95. The molecular weight excluding hydrogens is 466 g/mol. The molecule has 0 bridgehead atoms. The fourth-order valence-corrected chi connectivity index (χ4v) is 6.06. The van der Waals surface area contributed by atoms with Gasteiger partial charge in [0.05, 0.1) is 19.8 Å². The lowest BCUT2D eigenvalue weighted by Crippen LogP contribution is -2.36. The summed E-state index contributed by atoms with van der Waals surface area (Å²) in [5, 5.41) is 3.45. The molecule has 1 N–H and O–H groups in total. The van der Waals surface area contributed by atoms with E-state index in [0.717, 1.165) is 53.8 Å². The number of ketones is 1. The first-order chi connectivity index (χ1) is 17.9. The Hall–Kier alpha value is -3.54. The minimum atomic E-state index is -0.441. The van der Waals surface area contributed by atoms with Gasteiger partial charge in [-0.1, -0.05) is 35.9 Å². The van der Waals surface area contributed by atoms with Crippen LogP contribution in [0.5, 0.6) is 11.5 Å². The van der Waals surface area contributed by atoms with Crippen molar-refractivity contribution in [1.82, 2.24) is 5.32 Å². The third-order valence-electron chi connectivity index (χ3n) is 7.88. The zero-order valence-electron chi connectivity index (χ0n) is 22.1. The number of hydrogen-bond donors (Lipinski definition) is 1. The maximum Gasteiger partial charge on any atom is 0.337 e. The highest BCUT2D eigenvalue weighted by Gasteiger charge is 2.42. The number of Topliss-reactive ketones (excluding diaryl/α,β-unsaturated/α-hetero) is 1. The highest BCUT2D eigenvalue weighted by molar-refractivity contribution is 6.04. The second-order valence-corrected chi connectivity index (χ2v) is 10.4. The number of carbonyl (C=O) groups excluding carboxylic acids is 2. The lowest BCUT2D eigenvalue weighted by molar-refractivity contribution is -0.144. The number of ether oxygens (including phenoxy) is 3. The largest absolute Gasteiger partial charge is 0.493 e. The van der Waals surface area contributed by atoms with Crippen LogP contribution in [0.1, 0.15) is 74.0 Å². The highest BCUT2D eigenvalue weighted by Crippen LogP contribution is 2.46. The molecule has 0 unspecified atom stereocenters. The summed E-state index contributed by atoms with van der Waals surface area (Å²) in [7, 11) is 3.23. The van der Waals surface area contributed by atoms with Gasteiger partial charge in [-0.15, -0.1) is 0 Å². The molecule has 0 amide bonds. The number of methoxy groups -OCH3 is 2. The minimum absolute atomic E-state index is 0.00324. The lowest BCUT2D eigenvalue weighted by atomic mass is 9.71. The van der Waals surface area contributed by atoms with E-state index in [4.69, 9.17) is 14.2 Å². The predicted octanol–water partition coefficient (Wildman–Crippen LogP) is 5.86. The monoisotopic (exact) mass is 501 g/mol. The Morgan fingerprint density at radius 3 is 2.38 bits per heavy atom. The summed E-state index contributed by atoms with van der Waals surface area (Å²) in [6.45, 7) is 3.95. The van der Waals surface area contributed by atoms with Crippen molar-refractivity contribution in [2.45, 2.75) is 70.3 Å². The van der Waals surface area contributed by atoms with Gasteiger partial charge in [0.1, 0.15) is 6.10 Å². The van der Waals surface area contributed by atoms with Crippen molar-refractivity contribution in [1.29, 1.82) is 0 Å². The number of carbonyl (C=O) groups is 2. The number of esters is 1. The second kappa shape index (κ2) is 10.4. The molecule has 0 saturated heterocycles. The van der Waals surface area contributed by atoms with Crippen molar-refractivity contribution in [3.8, 4) is 11.5 Å². The van der Waals surface area contributed by atoms with Gasteiger partial charge in [0.25, 0.3) is 0 Å². The van der Waals surface area contributed by atoms with Gasteiger partial charge >= 0.3 is 5.97 Å². The smallest absolute Gasteiger partial charge is 0.337 e. The summed E-state index contributed by atoms with van der Waals surface area (Å²) >= 11 is 0. The molecule has 5 rings (SSSR count). The molecule has 0 radical (unpaired) electrons. The van der Waals surface area contributed by atoms with Gasteiger partial charge in [0, 0.05) is 29.3 Å². The molecule has 37 heavy (non-hydrogen) atoms. The molecule has 2 aliphatic carbocycles. The van der Waals surface area contributed by atoms with Crippen LogP contribution in [0, 0.1) is 6.92 Å². The molecule has 6 heteroatoms. The predicted molar refractivity (Wildman–Crippen MR) is 142 cm³/mol. The summed E-state index contributed by atoms with van der Waals surface area (Å²) in [4.78, 5) is 27.4. The van der Waals surface area contributed by atoms with E-state index < -0.39 is 5.92 Å². The van der Waals surface area contributed by atoms with E-state index in [2.05, 4.69) is 11.4 Å². The van der Waals surface area contributed by atoms with Crippen LogP contribution in [-0.2, 0) is 14.3 Å². The molecule has 1 saturated carbocycles. The summed E-state index contributed by atoms with van der Waals surface area (Å²) < 4.78 is 16.9.